The summed E-state index contributed by atoms with van der Waals surface area (Å²) in [7, 11) is 0. The molecule has 7 heteroatoms. The maximum atomic E-state index is 13.5. The summed E-state index contributed by atoms with van der Waals surface area (Å²) < 4.78 is 27.1. The van der Waals surface area contributed by atoms with Gasteiger partial charge in [-0.2, -0.15) is 0 Å². The first kappa shape index (κ1) is 17.1. The molecule has 0 unspecified atom stereocenters. The highest BCUT2D eigenvalue weighted by molar-refractivity contribution is 6.31. The van der Waals surface area contributed by atoms with Gasteiger partial charge in [-0.3, -0.25) is 9.78 Å². The molecule has 1 amide bonds. The molecule has 0 bridgehead atoms. The molecule has 0 radical (unpaired) electrons. The molecule has 128 valence electrons. The maximum absolute atomic E-state index is 13.5. The Morgan fingerprint density at radius 2 is 1.84 bits per heavy atom. The quantitative estimate of drug-likeness (QED) is 0.675. The van der Waals surface area contributed by atoms with E-state index in [9.17, 15) is 13.6 Å². The van der Waals surface area contributed by atoms with Crippen LogP contribution in [0.1, 0.15) is 10.4 Å². The van der Waals surface area contributed by atoms with Crippen LogP contribution in [0.5, 0.6) is 0 Å². The van der Waals surface area contributed by atoms with Gasteiger partial charge in [0.25, 0.3) is 5.91 Å². The van der Waals surface area contributed by atoms with Crippen LogP contribution in [0.2, 0.25) is 5.02 Å². The summed E-state index contributed by atoms with van der Waals surface area (Å²) in [5.74, 6) is -2.56. The van der Waals surface area contributed by atoms with Gasteiger partial charge in [0.1, 0.15) is 17.2 Å². The molecule has 0 atom stereocenters. The Morgan fingerprint density at radius 1 is 1.08 bits per heavy atom. The zero-order chi connectivity index (χ0) is 17.8. The van der Waals surface area contributed by atoms with Gasteiger partial charge in [-0.15, -0.1) is 0 Å². The Labute approximate surface area is 147 Å². The van der Waals surface area contributed by atoms with Crippen LogP contribution in [0.3, 0.4) is 0 Å². The number of rotatable bonds is 5. The average molecular weight is 362 g/mol. The van der Waals surface area contributed by atoms with E-state index in [-0.39, 0.29) is 6.54 Å². The van der Waals surface area contributed by atoms with E-state index in [0.717, 1.165) is 28.7 Å². The van der Waals surface area contributed by atoms with E-state index in [0.29, 0.717) is 11.6 Å². The monoisotopic (exact) mass is 361 g/mol. The number of halogens is 3. The van der Waals surface area contributed by atoms with E-state index in [4.69, 9.17) is 11.6 Å². The van der Waals surface area contributed by atoms with E-state index in [1.54, 1.807) is 24.4 Å². The minimum absolute atomic E-state index is 0.198. The normalized spacial score (nSPS) is 10.7. The molecular weight excluding hydrogens is 348 g/mol. The molecule has 0 saturated carbocycles. The molecule has 2 aromatic carbocycles. The number of hydrogen-bond acceptors (Lipinski definition) is 3. The van der Waals surface area contributed by atoms with Crippen molar-refractivity contribution in [3.63, 3.8) is 0 Å². The van der Waals surface area contributed by atoms with Gasteiger partial charge in [0.2, 0.25) is 0 Å². The fourth-order valence-corrected chi connectivity index (χ4v) is 2.62. The van der Waals surface area contributed by atoms with E-state index < -0.39 is 23.1 Å². The largest absolute Gasteiger partial charge is 0.383 e. The van der Waals surface area contributed by atoms with Gasteiger partial charge in [-0.1, -0.05) is 17.7 Å². The van der Waals surface area contributed by atoms with Crippen molar-refractivity contribution in [2.45, 2.75) is 0 Å². The van der Waals surface area contributed by atoms with Gasteiger partial charge in [-0.25, -0.2) is 8.78 Å². The van der Waals surface area contributed by atoms with Gasteiger partial charge in [-0.05, 0) is 36.4 Å². The number of anilines is 1. The van der Waals surface area contributed by atoms with Crippen molar-refractivity contribution in [1.29, 1.82) is 0 Å². The van der Waals surface area contributed by atoms with Crippen molar-refractivity contribution >= 4 is 34.1 Å². The number of carbonyl (C=O) groups is 1. The van der Waals surface area contributed by atoms with E-state index in [2.05, 4.69) is 15.6 Å². The fraction of sp³-hybridized carbons (Fsp3) is 0.111. The zero-order valence-electron chi connectivity index (χ0n) is 13.0. The number of nitrogens with one attached hydrogen (secondary N) is 2. The van der Waals surface area contributed by atoms with Crippen molar-refractivity contribution in [1.82, 2.24) is 10.3 Å². The van der Waals surface area contributed by atoms with Gasteiger partial charge >= 0.3 is 0 Å². The second kappa shape index (κ2) is 7.44. The molecule has 0 aliphatic rings. The first-order chi connectivity index (χ1) is 12.1. The third kappa shape index (κ3) is 3.85. The minimum Gasteiger partial charge on any atom is -0.383 e. The second-order valence-corrected chi connectivity index (χ2v) is 5.74. The number of nitrogens with zero attached hydrogens (tertiary/aromatic N) is 1. The molecule has 3 rings (SSSR count). The van der Waals surface area contributed by atoms with Crippen molar-refractivity contribution < 1.29 is 13.6 Å². The molecule has 2 N–H and O–H groups in total. The van der Waals surface area contributed by atoms with Crippen LogP contribution in [-0.2, 0) is 0 Å². The lowest BCUT2D eigenvalue weighted by atomic mass is 10.2. The first-order valence-corrected chi connectivity index (χ1v) is 7.94. The van der Waals surface area contributed by atoms with E-state index >= 15 is 0 Å². The summed E-state index contributed by atoms with van der Waals surface area (Å²) in [5, 5.41) is 7.13. The molecule has 4 nitrogen and oxygen atoms in total. The SMILES string of the molecule is O=C(NCCNc1ccnc2cc(Cl)ccc12)c1c(F)cccc1F. The van der Waals surface area contributed by atoms with Crippen molar-refractivity contribution in [3.8, 4) is 0 Å². The average Bonchev–Trinajstić information content (AvgIpc) is 2.58. The Hall–Kier alpha value is -2.73. The number of amides is 1. The number of benzene rings is 2. The van der Waals surface area contributed by atoms with Gasteiger partial charge in [0.05, 0.1) is 5.52 Å². The first-order valence-electron chi connectivity index (χ1n) is 7.56. The van der Waals surface area contributed by atoms with Crippen molar-refractivity contribution in [3.05, 3.63) is 70.9 Å². The predicted octanol–water partition coefficient (Wildman–Crippen LogP) is 4.01. The van der Waals surface area contributed by atoms with Crippen LogP contribution in [0.15, 0.2) is 48.7 Å². The lowest BCUT2D eigenvalue weighted by molar-refractivity contribution is 0.0947. The molecular formula is C18H14ClF2N3O. The van der Waals surface area contributed by atoms with Gasteiger partial charge in [0, 0.05) is 35.4 Å². The minimum atomic E-state index is -0.887. The highest BCUT2D eigenvalue weighted by atomic mass is 35.5. The van der Waals surface area contributed by atoms with E-state index in [1.807, 2.05) is 6.07 Å². The Kier molecular flexibility index (Phi) is 5.09. The third-order valence-corrected chi connectivity index (χ3v) is 3.86. The van der Waals surface area contributed by atoms with Crippen LogP contribution < -0.4 is 10.6 Å². The number of aromatic nitrogens is 1. The number of fused-ring (bicyclic) bond motifs is 1. The lowest BCUT2D eigenvalue weighted by Gasteiger charge is -2.11. The predicted molar refractivity (Wildman–Crippen MR) is 93.9 cm³/mol. The molecule has 1 aromatic heterocycles. The van der Waals surface area contributed by atoms with Crippen molar-refractivity contribution in [2.24, 2.45) is 0 Å². The van der Waals surface area contributed by atoms with Gasteiger partial charge in [0.15, 0.2) is 0 Å². The molecule has 3 aromatic rings. The molecule has 0 saturated heterocycles. The van der Waals surface area contributed by atoms with Gasteiger partial charge < -0.3 is 10.6 Å². The maximum Gasteiger partial charge on any atom is 0.257 e. The van der Waals surface area contributed by atoms with Crippen LogP contribution in [0.25, 0.3) is 10.9 Å². The summed E-state index contributed by atoms with van der Waals surface area (Å²) in [6.45, 7) is 0.577. The summed E-state index contributed by atoms with van der Waals surface area (Å²) >= 11 is 5.95. The molecule has 1 heterocycles. The number of hydrogen-bond donors (Lipinski definition) is 2. The topological polar surface area (TPSA) is 54.0 Å². The number of carbonyl (C=O) groups excluding carboxylic acids is 1. The third-order valence-electron chi connectivity index (χ3n) is 3.62. The van der Waals surface area contributed by atoms with Crippen LogP contribution >= 0.6 is 11.6 Å². The second-order valence-electron chi connectivity index (χ2n) is 5.30. The Balaban J connectivity index is 1.61. The summed E-state index contributed by atoms with van der Waals surface area (Å²) in [5.41, 5.74) is 0.995. The molecule has 25 heavy (non-hydrogen) atoms. The summed E-state index contributed by atoms with van der Waals surface area (Å²) in [6.07, 6.45) is 1.65. The summed E-state index contributed by atoms with van der Waals surface area (Å²) in [6, 6.07) is 10.5. The molecule has 0 aliphatic carbocycles. The molecule has 0 fully saturated rings. The number of pyridine rings is 1. The molecule has 0 spiro atoms. The highest BCUT2D eigenvalue weighted by Crippen LogP contribution is 2.24. The fourth-order valence-electron chi connectivity index (χ4n) is 2.45. The smallest absolute Gasteiger partial charge is 0.257 e. The highest BCUT2D eigenvalue weighted by Gasteiger charge is 2.16. The van der Waals surface area contributed by atoms with Crippen LogP contribution in [-0.4, -0.2) is 24.0 Å². The molecule has 0 aliphatic heterocycles. The van der Waals surface area contributed by atoms with Crippen LogP contribution in [0, 0.1) is 11.6 Å². The zero-order valence-corrected chi connectivity index (χ0v) is 13.8. The van der Waals surface area contributed by atoms with Crippen LogP contribution in [0.4, 0.5) is 14.5 Å². The lowest BCUT2D eigenvalue weighted by Crippen LogP contribution is -2.30. The summed E-state index contributed by atoms with van der Waals surface area (Å²) in [4.78, 5) is 16.1. The Morgan fingerprint density at radius 3 is 2.60 bits per heavy atom. The Bertz CT molecular complexity index is 913. The van der Waals surface area contributed by atoms with Crippen molar-refractivity contribution in [2.75, 3.05) is 18.4 Å². The van der Waals surface area contributed by atoms with E-state index in [1.165, 1.54) is 6.07 Å². The standard InChI is InChI=1S/C18H14ClF2N3O/c19-11-4-5-12-15(6-7-22-16(12)10-11)23-8-9-24-18(25)17-13(20)2-1-3-14(17)21/h1-7,10H,8-9H2,(H,22,23)(H,24,25).